The first-order valence-electron chi connectivity index (χ1n) is 9.54. The van der Waals surface area contributed by atoms with Gasteiger partial charge in [-0.05, 0) is 49.8 Å². The van der Waals surface area contributed by atoms with Crippen LogP contribution in [0.15, 0.2) is 49.1 Å². The van der Waals surface area contributed by atoms with E-state index in [1.807, 2.05) is 36.7 Å². The summed E-state index contributed by atoms with van der Waals surface area (Å²) < 4.78 is 6.27. The van der Waals surface area contributed by atoms with Gasteiger partial charge in [0.05, 0.1) is 12.3 Å². The number of ether oxygens (including phenoxy) is 1. The summed E-state index contributed by atoms with van der Waals surface area (Å²) in [5, 5.41) is 12.0. The number of nitrogens with zero attached hydrogens (tertiary/aromatic N) is 2. The minimum atomic E-state index is 0.113. The van der Waals surface area contributed by atoms with Gasteiger partial charge in [0.25, 0.3) is 0 Å². The molecular weight excluding hydrogens is 340 g/mol. The molecule has 0 radical (unpaired) electrons. The number of amides is 1. The molecule has 0 spiro atoms. The summed E-state index contributed by atoms with van der Waals surface area (Å²) in [6.07, 6.45) is 12.5. The lowest BCUT2D eigenvalue weighted by atomic mass is 9.92. The Kier molecular flexibility index (Phi) is 5.32. The zero-order valence-corrected chi connectivity index (χ0v) is 15.2. The molecule has 2 aromatic heterocycles. The summed E-state index contributed by atoms with van der Waals surface area (Å²) in [7, 11) is 0. The Morgan fingerprint density at radius 2 is 2.07 bits per heavy atom. The molecular formula is C21H24N4O2. The van der Waals surface area contributed by atoms with Gasteiger partial charge < -0.3 is 10.1 Å². The van der Waals surface area contributed by atoms with Crippen molar-refractivity contribution in [2.75, 3.05) is 0 Å². The van der Waals surface area contributed by atoms with Gasteiger partial charge in [0, 0.05) is 41.8 Å². The van der Waals surface area contributed by atoms with Gasteiger partial charge in [-0.25, -0.2) is 0 Å². The van der Waals surface area contributed by atoms with E-state index in [0.717, 1.165) is 54.2 Å². The van der Waals surface area contributed by atoms with Crippen molar-refractivity contribution in [2.45, 2.75) is 50.7 Å². The summed E-state index contributed by atoms with van der Waals surface area (Å²) in [6, 6.07) is 8.32. The second-order valence-electron chi connectivity index (χ2n) is 7.12. The van der Waals surface area contributed by atoms with Gasteiger partial charge in [0.1, 0.15) is 5.75 Å². The second kappa shape index (κ2) is 8.20. The molecule has 140 valence electrons. The lowest BCUT2D eigenvalue weighted by molar-refractivity contribution is -0.122. The van der Waals surface area contributed by atoms with Crippen LogP contribution < -0.4 is 10.1 Å². The predicted molar refractivity (Wildman–Crippen MR) is 103 cm³/mol. The van der Waals surface area contributed by atoms with Crippen LogP contribution in [-0.4, -0.2) is 33.2 Å². The lowest BCUT2D eigenvalue weighted by Gasteiger charge is -2.30. The van der Waals surface area contributed by atoms with E-state index in [2.05, 4.69) is 20.5 Å². The maximum Gasteiger partial charge on any atom is 0.220 e. The van der Waals surface area contributed by atoms with E-state index < -0.39 is 0 Å². The van der Waals surface area contributed by atoms with Crippen LogP contribution in [0.5, 0.6) is 5.75 Å². The van der Waals surface area contributed by atoms with E-state index in [1.54, 1.807) is 12.4 Å². The molecule has 3 aromatic rings. The molecule has 0 bridgehead atoms. The fraction of sp³-hybridized carbons (Fsp3) is 0.381. The lowest BCUT2D eigenvalue weighted by Crippen LogP contribution is -2.39. The third kappa shape index (κ3) is 4.45. The summed E-state index contributed by atoms with van der Waals surface area (Å²) in [5.74, 6) is 1.03. The second-order valence-corrected chi connectivity index (χ2v) is 7.12. The fourth-order valence-corrected chi connectivity index (χ4v) is 3.67. The third-order valence-corrected chi connectivity index (χ3v) is 5.17. The van der Waals surface area contributed by atoms with E-state index in [9.17, 15) is 4.79 Å². The van der Waals surface area contributed by atoms with Gasteiger partial charge >= 0.3 is 0 Å². The van der Waals surface area contributed by atoms with Gasteiger partial charge in [-0.15, -0.1) is 0 Å². The topological polar surface area (TPSA) is 79.9 Å². The molecule has 0 atom stereocenters. The maximum atomic E-state index is 12.1. The SMILES string of the molecule is O=C(CCc1cn[nH]c1)NC1CCC(Oc2cccc3cnccc23)CC1. The van der Waals surface area contributed by atoms with Crippen molar-refractivity contribution in [2.24, 2.45) is 0 Å². The molecule has 0 unspecified atom stereocenters. The van der Waals surface area contributed by atoms with Crippen molar-refractivity contribution >= 4 is 16.7 Å². The zero-order chi connectivity index (χ0) is 18.5. The van der Waals surface area contributed by atoms with Crippen LogP contribution in [0.4, 0.5) is 0 Å². The van der Waals surface area contributed by atoms with E-state index in [1.165, 1.54) is 0 Å². The molecule has 4 rings (SSSR count). The Hall–Kier alpha value is -2.89. The number of fused-ring (bicyclic) bond motifs is 1. The molecule has 2 heterocycles. The molecule has 1 amide bonds. The molecule has 1 aliphatic rings. The van der Waals surface area contributed by atoms with Crippen molar-refractivity contribution in [3.05, 3.63) is 54.6 Å². The highest BCUT2D eigenvalue weighted by molar-refractivity contribution is 5.87. The minimum Gasteiger partial charge on any atom is -0.490 e. The molecule has 1 aromatic carbocycles. The average molecular weight is 364 g/mol. The number of aromatic amines is 1. The Balaban J connectivity index is 1.25. The van der Waals surface area contributed by atoms with Crippen LogP contribution >= 0.6 is 0 Å². The van der Waals surface area contributed by atoms with Crippen molar-refractivity contribution in [3.8, 4) is 5.75 Å². The van der Waals surface area contributed by atoms with Crippen molar-refractivity contribution in [1.29, 1.82) is 0 Å². The van der Waals surface area contributed by atoms with Crippen LogP contribution in [0.25, 0.3) is 10.8 Å². The van der Waals surface area contributed by atoms with E-state index in [0.29, 0.717) is 6.42 Å². The Morgan fingerprint density at radius 1 is 1.19 bits per heavy atom. The number of rotatable bonds is 6. The number of aryl methyl sites for hydroxylation is 1. The van der Waals surface area contributed by atoms with Crippen LogP contribution in [-0.2, 0) is 11.2 Å². The van der Waals surface area contributed by atoms with Gasteiger partial charge in [-0.2, -0.15) is 5.10 Å². The van der Waals surface area contributed by atoms with E-state index in [4.69, 9.17) is 4.74 Å². The number of carbonyl (C=O) groups excluding carboxylic acids is 1. The van der Waals surface area contributed by atoms with Gasteiger partial charge in [0.15, 0.2) is 0 Å². The van der Waals surface area contributed by atoms with Gasteiger partial charge in [0.2, 0.25) is 5.91 Å². The molecule has 0 saturated heterocycles. The number of nitrogens with one attached hydrogen (secondary N) is 2. The van der Waals surface area contributed by atoms with Crippen LogP contribution in [0.1, 0.15) is 37.7 Å². The van der Waals surface area contributed by atoms with Crippen LogP contribution in [0, 0.1) is 0 Å². The normalized spacial score (nSPS) is 19.7. The Labute approximate surface area is 158 Å². The first kappa shape index (κ1) is 17.5. The maximum absolute atomic E-state index is 12.1. The summed E-state index contributed by atoms with van der Waals surface area (Å²) in [6.45, 7) is 0. The molecule has 6 nitrogen and oxygen atoms in total. The Bertz CT molecular complexity index is 881. The predicted octanol–water partition coefficient (Wildman–Crippen LogP) is 3.40. The number of aromatic nitrogens is 3. The molecule has 1 aliphatic carbocycles. The van der Waals surface area contributed by atoms with E-state index >= 15 is 0 Å². The first-order chi connectivity index (χ1) is 13.3. The summed E-state index contributed by atoms with van der Waals surface area (Å²) in [4.78, 5) is 16.3. The highest BCUT2D eigenvalue weighted by atomic mass is 16.5. The summed E-state index contributed by atoms with van der Waals surface area (Å²) >= 11 is 0. The fourth-order valence-electron chi connectivity index (χ4n) is 3.67. The number of pyridine rings is 1. The smallest absolute Gasteiger partial charge is 0.220 e. The molecule has 6 heteroatoms. The number of hydrogen-bond acceptors (Lipinski definition) is 4. The van der Waals surface area contributed by atoms with Crippen molar-refractivity contribution < 1.29 is 9.53 Å². The molecule has 2 N–H and O–H groups in total. The number of carbonyl (C=O) groups is 1. The monoisotopic (exact) mass is 364 g/mol. The molecule has 1 saturated carbocycles. The third-order valence-electron chi connectivity index (χ3n) is 5.17. The minimum absolute atomic E-state index is 0.113. The van der Waals surface area contributed by atoms with Crippen LogP contribution in [0.2, 0.25) is 0 Å². The zero-order valence-electron chi connectivity index (χ0n) is 15.2. The van der Waals surface area contributed by atoms with Crippen LogP contribution in [0.3, 0.4) is 0 Å². The first-order valence-corrected chi connectivity index (χ1v) is 9.54. The molecule has 1 fully saturated rings. The quantitative estimate of drug-likeness (QED) is 0.702. The highest BCUT2D eigenvalue weighted by Crippen LogP contribution is 2.29. The standard InChI is InChI=1S/C21H24N4O2/c26-21(9-4-15-12-23-24-13-15)25-17-5-7-18(8-6-17)27-20-3-1-2-16-14-22-11-10-19(16)20/h1-3,10-14,17-18H,4-9H2,(H,23,24)(H,25,26). The highest BCUT2D eigenvalue weighted by Gasteiger charge is 2.24. The van der Waals surface area contributed by atoms with E-state index in [-0.39, 0.29) is 18.1 Å². The van der Waals surface area contributed by atoms with Crippen molar-refractivity contribution in [3.63, 3.8) is 0 Å². The Morgan fingerprint density at radius 3 is 2.89 bits per heavy atom. The largest absolute Gasteiger partial charge is 0.490 e. The average Bonchev–Trinajstić information content (AvgIpc) is 3.22. The summed E-state index contributed by atoms with van der Waals surface area (Å²) in [5.41, 5.74) is 1.06. The number of benzene rings is 1. The number of H-pyrrole nitrogens is 1. The molecule has 0 aliphatic heterocycles. The van der Waals surface area contributed by atoms with Crippen molar-refractivity contribution in [1.82, 2.24) is 20.5 Å². The van der Waals surface area contributed by atoms with Gasteiger partial charge in [-0.3, -0.25) is 14.9 Å². The molecule has 27 heavy (non-hydrogen) atoms. The van der Waals surface area contributed by atoms with Gasteiger partial charge in [-0.1, -0.05) is 12.1 Å². The number of hydrogen-bond donors (Lipinski definition) is 2.